The SMILES string of the molecule is Cc1cc(OCc2c(F)cccc2F)c2nc(C)c(C(=O)Nc3cnn(CCO)c3)n2c1. The first-order valence-electron chi connectivity index (χ1n) is 9.87. The number of imidazole rings is 1. The Morgan fingerprint density at radius 2 is 1.97 bits per heavy atom. The summed E-state index contributed by atoms with van der Waals surface area (Å²) in [5.74, 6) is -1.51. The Hall–Kier alpha value is -3.79. The zero-order valence-corrected chi connectivity index (χ0v) is 17.5. The minimum Gasteiger partial charge on any atom is -0.485 e. The van der Waals surface area contributed by atoms with Crippen LogP contribution in [0.1, 0.15) is 27.3 Å². The molecule has 0 spiro atoms. The number of halogens is 2. The number of nitrogens with zero attached hydrogens (tertiary/aromatic N) is 4. The number of carbonyl (C=O) groups excluding carboxylic acids is 1. The maximum Gasteiger partial charge on any atom is 0.274 e. The second-order valence-electron chi connectivity index (χ2n) is 7.28. The van der Waals surface area contributed by atoms with Crippen LogP contribution in [0.5, 0.6) is 5.75 Å². The number of aromatic nitrogens is 4. The fraction of sp³-hybridized carbons (Fsp3) is 0.227. The Morgan fingerprint density at radius 1 is 1.22 bits per heavy atom. The van der Waals surface area contributed by atoms with Crippen molar-refractivity contribution in [1.29, 1.82) is 0 Å². The van der Waals surface area contributed by atoms with Crippen LogP contribution in [-0.2, 0) is 13.2 Å². The van der Waals surface area contributed by atoms with E-state index in [1.165, 1.54) is 29.1 Å². The number of aryl methyl sites for hydroxylation is 2. The Bertz CT molecular complexity index is 1280. The van der Waals surface area contributed by atoms with Crippen LogP contribution < -0.4 is 10.1 Å². The van der Waals surface area contributed by atoms with Crippen molar-refractivity contribution in [3.63, 3.8) is 0 Å². The van der Waals surface area contributed by atoms with Crippen molar-refractivity contribution in [2.24, 2.45) is 0 Å². The average Bonchev–Trinajstić information content (AvgIpc) is 3.31. The van der Waals surface area contributed by atoms with Crippen molar-refractivity contribution in [3.05, 3.63) is 77.0 Å². The molecule has 0 atom stereocenters. The van der Waals surface area contributed by atoms with E-state index in [-0.39, 0.29) is 18.8 Å². The highest BCUT2D eigenvalue weighted by molar-refractivity contribution is 6.04. The van der Waals surface area contributed by atoms with E-state index in [0.717, 1.165) is 5.56 Å². The van der Waals surface area contributed by atoms with Gasteiger partial charge in [-0.3, -0.25) is 13.9 Å². The van der Waals surface area contributed by atoms with Crippen molar-refractivity contribution in [1.82, 2.24) is 19.2 Å². The van der Waals surface area contributed by atoms with E-state index >= 15 is 0 Å². The first kappa shape index (κ1) is 21.4. The van der Waals surface area contributed by atoms with Gasteiger partial charge < -0.3 is 15.2 Å². The number of aliphatic hydroxyl groups excluding tert-OH is 1. The van der Waals surface area contributed by atoms with Crippen LogP contribution in [-0.4, -0.2) is 36.8 Å². The summed E-state index contributed by atoms with van der Waals surface area (Å²) in [6.45, 7) is 3.42. The molecular formula is C22H21F2N5O3. The number of carbonyl (C=O) groups is 1. The van der Waals surface area contributed by atoms with Crippen LogP contribution in [0.2, 0.25) is 0 Å². The molecule has 32 heavy (non-hydrogen) atoms. The topological polar surface area (TPSA) is 93.7 Å². The fourth-order valence-corrected chi connectivity index (χ4v) is 3.40. The van der Waals surface area contributed by atoms with Gasteiger partial charge in [0.05, 0.1) is 36.3 Å². The molecule has 3 heterocycles. The zero-order chi connectivity index (χ0) is 22.8. The number of amides is 1. The van der Waals surface area contributed by atoms with Gasteiger partial charge in [-0.05, 0) is 37.6 Å². The van der Waals surface area contributed by atoms with Crippen molar-refractivity contribution >= 4 is 17.2 Å². The number of aliphatic hydroxyl groups is 1. The number of nitrogens with one attached hydrogen (secondary N) is 1. The third-order valence-corrected chi connectivity index (χ3v) is 4.87. The highest BCUT2D eigenvalue weighted by Crippen LogP contribution is 2.26. The van der Waals surface area contributed by atoms with Crippen molar-refractivity contribution < 1.29 is 23.4 Å². The minimum absolute atomic E-state index is 0.0692. The summed E-state index contributed by atoms with van der Waals surface area (Å²) in [5, 5.41) is 15.8. The van der Waals surface area contributed by atoms with Gasteiger partial charge >= 0.3 is 0 Å². The average molecular weight is 441 g/mol. The van der Waals surface area contributed by atoms with Gasteiger partial charge in [0.15, 0.2) is 11.4 Å². The first-order chi connectivity index (χ1) is 15.4. The first-order valence-corrected chi connectivity index (χ1v) is 9.87. The standard InChI is InChI=1S/C22H21F2N5O3/c1-13-8-19(32-12-16-17(23)4-3-5-18(16)24)21-26-14(2)20(29(21)10-13)22(31)27-15-9-25-28(11-15)6-7-30/h3-5,8-11,30H,6-7,12H2,1-2H3,(H,27,31). The summed E-state index contributed by atoms with van der Waals surface area (Å²) in [6.07, 6.45) is 4.82. The van der Waals surface area contributed by atoms with Crippen LogP contribution in [0.3, 0.4) is 0 Å². The number of fused-ring (bicyclic) bond motifs is 1. The van der Waals surface area contributed by atoms with Crippen LogP contribution in [0.25, 0.3) is 5.65 Å². The minimum atomic E-state index is -0.699. The third-order valence-electron chi connectivity index (χ3n) is 4.87. The molecule has 8 nitrogen and oxygen atoms in total. The second-order valence-corrected chi connectivity index (χ2v) is 7.28. The van der Waals surface area contributed by atoms with Gasteiger partial charge in [-0.15, -0.1) is 0 Å². The van der Waals surface area contributed by atoms with Gasteiger partial charge in [0.2, 0.25) is 0 Å². The Balaban J connectivity index is 1.64. The van der Waals surface area contributed by atoms with Gasteiger partial charge in [0, 0.05) is 12.4 Å². The van der Waals surface area contributed by atoms with E-state index in [2.05, 4.69) is 15.4 Å². The maximum absolute atomic E-state index is 14.0. The lowest BCUT2D eigenvalue weighted by Gasteiger charge is -2.11. The van der Waals surface area contributed by atoms with Gasteiger partial charge in [0.1, 0.15) is 23.9 Å². The summed E-state index contributed by atoms with van der Waals surface area (Å²) >= 11 is 0. The highest BCUT2D eigenvalue weighted by Gasteiger charge is 2.21. The highest BCUT2D eigenvalue weighted by atomic mass is 19.1. The quantitative estimate of drug-likeness (QED) is 0.459. The second kappa shape index (κ2) is 8.75. The molecular weight excluding hydrogens is 420 g/mol. The van der Waals surface area contributed by atoms with Crippen LogP contribution in [0.15, 0.2) is 42.9 Å². The molecule has 1 aromatic carbocycles. The summed E-state index contributed by atoms with van der Waals surface area (Å²) < 4.78 is 36.7. The Kier molecular flexibility index (Phi) is 5.87. The molecule has 0 saturated heterocycles. The number of benzene rings is 1. The van der Waals surface area contributed by atoms with Gasteiger partial charge in [-0.25, -0.2) is 13.8 Å². The third kappa shape index (κ3) is 4.17. The van der Waals surface area contributed by atoms with Crippen LogP contribution in [0.4, 0.5) is 14.5 Å². The molecule has 0 radical (unpaired) electrons. The number of ether oxygens (including phenoxy) is 1. The smallest absolute Gasteiger partial charge is 0.274 e. The summed E-state index contributed by atoms with van der Waals surface area (Å²) in [4.78, 5) is 17.4. The molecule has 0 aliphatic rings. The van der Waals surface area contributed by atoms with Crippen LogP contribution >= 0.6 is 0 Å². The molecule has 3 aromatic heterocycles. The van der Waals surface area contributed by atoms with Crippen molar-refractivity contribution in [3.8, 4) is 5.75 Å². The maximum atomic E-state index is 14.0. The molecule has 0 saturated carbocycles. The molecule has 1 amide bonds. The number of hydrogen-bond donors (Lipinski definition) is 2. The number of pyridine rings is 1. The van der Waals surface area contributed by atoms with Gasteiger partial charge in [-0.2, -0.15) is 5.10 Å². The number of hydrogen-bond acceptors (Lipinski definition) is 5. The lowest BCUT2D eigenvalue weighted by Crippen LogP contribution is -2.15. The van der Waals surface area contributed by atoms with E-state index in [9.17, 15) is 13.6 Å². The van der Waals surface area contributed by atoms with Gasteiger partial charge in [0.25, 0.3) is 5.91 Å². The van der Waals surface area contributed by atoms with E-state index in [1.54, 1.807) is 29.8 Å². The summed E-state index contributed by atoms with van der Waals surface area (Å²) in [5.41, 5.74) is 2.15. The normalized spacial score (nSPS) is 11.2. The van der Waals surface area contributed by atoms with E-state index in [1.807, 2.05) is 6.92 Å². The Morgan fingerprint density at radius 3 is 2.69 bits per heavy atom. The molecule has 0 aliphatic carbocycles. The summed E-state index contributed by atoms with van der Waals surface area (Å²) in [7, 11) is 0. The fourth-order valence-electron chi connectivity index (χ4n) is 3.40. The number of anilines is 1. The van der Waals surface area contributed by atoms with Gasteiger partial charge in [-0.1, -0.05) is 6.07 Å². The molecule has 166 valence electrons. The van der Waals surface area contributed by atoms with E-state index in [0.29, 0.717) is 35.0 Å². The Labute approximate surface area is 182 Å². The monoisotopic (exact) mass is 441 g/mol. The van der Waals surface area contributed by atoms with E-state index < -0.39 is 17.5 Å². The van der Waals surface area contributed by atoms with Crippen molar-refractivity contribution in [2.45, 2.75) is 27.0 Å². The molecule has 4 aromatic rings. The number of rotatable bonds is 7. The molecule has 0 fully saturated rings. The largest absolute Gasteiger partial charge is 0.485 e. The lowest BCUT2D eigenvalue weighted by molar-refractivity contribution is 0.102. The predicted octanol–water partition coefficient (Wildman–Crippen LogP) is 3.25. The molecule has 2 N–H and O–H groups in total. The van der Waals surface area contributed by atoms with E-state index in [4.69, 9.17) is 9.84 Å². The molecule has 0 unspecified atom stereocenters. The molecule has 0 bridgehead atoms. The zero-order valence-electron chi connectivity index (χ0n) is 17.5. The molecule has 0 aliphatic heterocycles. The predicted molar refractivity (Wildman–Crippen MR) is 113 cm³/mol. The van der Waals surface area contributed by atoms with Crippen molar-refractivity contribution in [2.75, 3.05) is 11.9 Å². The van der Waals surface area contributed by atoms with Crippen LogP contribution in [0, 0.1) is 25.5 Å². The molecule has 10 heteroatoms. The summed E-state index contributed by atoms with van der Waals surface area (Å²) in [6, 6.07) is 5.31. The lowest BCUT2D eigenvalue weighted by atomic mass is 10.2. The molecule has 4 rings (SSSR count).